The molecule has 30 heavy (non-hydrogen) atoms. The first-order chi connectivity index (χ1) is 14.1. The van der Waals surface area contributed by atoms with Crippen LogP contribution < -0.4 is 21.7 Å². The van der Waals surface area contributed by atoms with Crippen LogP contribution in [0.1, 0.15) is 43.1 Å². The number of carbonyl (C=O) groups excluding carboxylic acids is 3. The van der Waals surface area contributed by atoms with Gasteiger partial charge in [-0.15, -0.1) is 0 Å². The van der Waals surface area contributed by atoms with Crippen molar-refractivity contribution in [3.8, 4) is 0 Å². The summed E-state index contributed by atoms with van der Waals surface area (Å²) in [6.07, 6.45) is -0.480. The van der Waals surface area contributed by atoms with Gasteiger partial charge in [-0.1, -0.05) is 18.2 Å². The third-order valence-electron chi connectivity index (χ3n) is 3.92. The minimum absolute atomic E-state index is 0.0887. The molecule has 8 heteroatoms. The van der Waals surface area contributed by atoms with E-state index in [4.69, 9.17) is 10.5 Å². The Bertz CT molecular complexity index is 889. The number of nitrogens with two attached hydrogens (primary N) is 1. The smallest absolute Gasteiger partial charge is 0.407 e. The summed E-state index contributed by atoms with van der Waals surface area (Å²) in [4.78, 5) is 36.1. The highest BCUT2D eigenvalue weighted by atomic mass is 16.6. The molecule has 2 aromatic carbocycles. The zero-order chi connectivity index (χ0) is 22.1. The minimum atomic E-state index is -0.595. The third kappa shape index (κ3) is 7.83. The normalized spacial score (nSPS) is 10.8. The number of carbonyl (C=O) groups is 3. The Labute approximate surface area is 176 Å². The summed E-state index contributed by atoms with van der Waals surface area (Å²) >= 11 is 0. The van der Waals surface area contributed by atoms with Crippen LogP contribution in [0.4, 0.5) is 16.2 Å². The maximum atomic E-state index is 12.3. The number of para-hydroxylation sites is 1. The molecule has 0 bridgehead atoms. The molecule has 5 N–H and O–H groups in total. The average Bonchev–Trinajstić information content (AvgIpc) is 2.66. The molecule has 3 amide bonds. The first kappa shape index (κ1) is 22.7. The fraction of sp³-hybridized carbons (Fsp3) is 0.318. The van der Waals surface area contributed by atoms with Crippen LogP contribution in [0.2, 0.25) is 0 Å². The molecule has 0 fully saturated rings. The SMILES string of the molecule is CC(C)(C)OC(=O)NCCC(=O)Nc1ccccc1CNC(=O)c1ccc(N)cc1. The van der Waals surface area contributed by atoms with Crippen LogP contribution in [0.25, 0.3) is 0 Å². The van der Waals surface area contributed by atoms with E-state index in [-0.39, 0.29) is 31.3 Å². The number of ether oxygens (including phenoxy) is 1. The van der Waals surface area contributed by atoms with E-state index < -0.39 is 11.7 Å². The highest BCUT2D eigenvalue weighted by Gasteiger charge is 2.16. The number of benzene rings is 2. The number of amides is 3. The molecule has 0 spiro atoms. The zero-order valence-corrected chi connectivity index (χ0v) is 17.5. The summed E-state index contributed by atoms with van der Waals surface area (Å²) in [5, 5.41) is 8.17. The Hall–Kier alpha value is -3.55. The maximum Gasteiger partial charge on any atom is 0.407 e. The molecule has 8 nitrogen and oxygen atoms in total. The molecule has 2 aromatic rings. The van der Waals surface area contributed by atoms with E-state index in [9.17, 15) is 14.4 Å². The van der Waals surface area contributed by atoms with Gasteiger partial charge < -0.3 is 26.4 Å². The first-order valence-electron chi connectivity index (χ1n) is 9.62. The number of alkyl carbamates (subject to hydrolysis) is 1. The molecule has 0 radical (unpaired) electrons. The topological polar surface area (TPSA) is 123 Å². The molecule has 0 aromatic heterocycles. The van der Waals surface area contributed by atoms with Gasteiger partial charge in [-0.3, -0.25) is 9.59 Å². The predicted molar refractivity (Wildman–Crippen MR) is 116 cm³/mol. The predicted octanol–water partition coefficient (Wildman–Crippen LogP) is 3.05. The number of hydrogen-bond acceptors (Lipinski definition) is 5. The molecule has 160 valence electrons. The van der Waals surface area contributed by atoms with Gasteiger partial charge in [-0.25, -0.2) is 4.79 Å². The lowest BCUT2D eigenvalue weighted by Gasteiger charge is -2.19. The largest absolute Gasteiger partial charge is 0.444 e. The van der Waals surface area contributed by atoms with Gasteiger partial charge >= 0.3 is 6.09 Å². The van der Waals surface area contributed by atoms with Gasteiger partial charge in [0.1, 0.15) is 5.60 Å². The maximum absolute atomic E-state index is 12.3. The number of nitrogens with one attached hydrogen (secondary N) is 3. The van der Waals surface area contributed by atoms with Gasteiger partial charge in [0, 0.05) is 36.4 Å². The molecule has 0 heterocycles. The van der Waals surface area contributed by atoms with Crippen LogP contribution in [-0.4, -0.2) is 30.1 Å². The van der Waals surface area contributed by atoms with E-state index in [2.05, 4.69) is 16.0 Å². The van der Waals surface area contributed by atoms with Gasteiger partial charge in [0.2, 0.25) is 5.91 Å². The Kier molecular flexibility index (Phi) is 7.80. The van der Waals surface area contributed by atoms with Gasteiger partial charge in [0.25, 0.3) is 5.91 Å². The first-order valence-corrected chi connectivity index (χ1v) is 9.62. The lowest BCUT2D eigenvalue weighted by molar-refractivity contribution is -0.116. The number of hydrogen-bond donors (Lipinski definition) is 4. The Morgan fingerprint density at radius 1 is 0.967 bits per heavy atom. The molecule has 0 aliphatic heterocycles. The second-order valence-corrected chi connectivity index (χ2v) is 7.69. The van der Waals surface area contributed by atoms with E-state index >= 15 is 0 Å². The fourth-order valence-electron chi connectivity index (χ4n) is 2.51. The van der Waals surface area contributed by atoms with E-state index in [0.29, 0.717) is 16.9 Å². The number of rotatable bonds is 7. The summed E-state index contributed by atoms with van der Waals surface area (Å²) < 4.78 is 5.13. The Balaban J connectivity index is 1.85. The lowest BCUT2D eigenvalue weighted by Crippen LogP contribution is -2.34. The van der Waals surface area contributed by atoms with Crippen molar-refractivity contribution in [3.05, 3.63) is 59.7 Å². The van der Waals surface area contributed by atoms with Crippen molar-refractivity contribution in [2.45, 2.75) is 39.3 Å². The standard InChI is InChI=1S/C22H28N4O4/c1-22(2,3)30-21(29)24-13-12-19(27)26-18-7-5-4-6-16(18)14-25-20(28)15-8-10-17(23)11-9-15/h4-11H,12-14,23H2,1-3H3,(H,24,29)(H,25,28)(H,26,27). The van der Waals surface area contributed by atoms with Crippen LogP contribution in [-0.2, 0) is 16.1 Å². The van der Waals surface area contributed by atoms with Gasteiger partial charge in [-0.2, -0.15) is 0 Å². The van der Waals surface area contributed by atoms with Crippen molar-refractivity contribution >= 4 is 29.3 Å². The average molecular weight is 412 g/mol. The van der Waals surface area contributed by atoms with E-state index in [1.54, 1.807) is 57.2 Å². The Morgan fingerprint density at radius 2 is 1.63 bits per heavy atom. The summed E-state index contributed by atoms with van der Waals surface area (Å²) in [6, 6.07) is 13.8. The van der Waals surface area contributed by atoms with Crippen LogP contribution in [0, 0.1) is 0 Å². The van der Waals surface area contributed by atoms with Crippen molar-refractivity contribution in [2.75, 3.05) is 17.6 Å². The quantitative estimate of drug-likeness (QED) is 0.521. The van der Waals surface area contributed by atoms with Crippen molar-refractivity contribution in [1.29, 1.82) is 0 Å². The molecule has 0 saturated heterocycles. The Morgan fingerprint density at radius 3 is 2.30 bits per heavy atom. The van der Waals surface area contributed by atoms with Gasteiger partial charge in [0.15, 0.2) is 0 Å². The van der Waals surface area contributed by atoms with Gasteiger partial charge in [-0.05, 0) is 56.7 Å². The fourth-order valence-corrected chi connectivity index (χ4v) is 2.51. The second-order valence-electron chi connectivity index (χ2n) is 7.69. The molecule has 0 unspecified atom stereocenters. The summed E-state index contributed by atoms with van der Waals surface area (Å²) in [6.45, 7) is 5.69. The number of anilines is 2. The number of nitrogen functional groups attached to an aromatic ring is 1. The van der Waals surface area contributed by atoms with Crippen LogP contribution >= 0.6 is 0 Å². The van der Waals surface area contributed by atoms with Crippen molar-refractivity contribution in [1.82, 2.24) is 10.6 Å². The van der Waals surface area contributed by atoms with E-state index in [1.165, 1.54) is 0 Å². The monoisotopic (exact) mass is 412 g/mol. The van der Waals surface area contributed by atoms with Crippen LogP contribution in [0.15, 0.2) is 48.5 Å². The molecule has 0 saturated carbocycles. The van der Waals surface area contributed by atoms with Crippen molar-refractivity contribution in [2.24, 2.45) is 0 Å². The van der Waals surface area contributed by atoms with Crippen molar-refractivity contribution < 1.29 is 19.1 Å². The summed E-state index contributed by atoms with van der Waals surface area (Å²) in [7, 11) is 0. The van der Waals surface area contributed by atoms with Gasteiger partial charge in [0.05, 0.1) is 0 Å². The third-order valence-corrected chi connectivity index (χ3v) is 3.92. The molecule has 0 atom stereocenters. The second kappa shape index (κ2) is 10.3. The van der Waals surface area contributed by atoms with Crippen LogP contribution in [0.5, 0.6) is 0 Å². The molecular formula is C22H28N4O4. The molecular weight excluding hydrogens is 384 g/mol. The van der Waals surface area contributed by atoms with Crippen LogP contribution in [0.3, 0.4) is 0 Å². The highest BCUT2D eigenvalue weighted by molar-refractivity contribution is 5.95. The van der Waals surface area contributed by atoms with E-state index in [1.807, 2.05) is 12.1 Å². The van der Waals surface area contributed by atoms with Crippen molar-refractivity contribution in [3.63, 3.8) is 0 Å². The summed E-state index contributed by atoms with van der Waals surface area (Å²) in [5.74, 6) is -0.499. The van der Waals surface area contributed by atoms with E-state index in [0.717, 1.165) is 5.56 Å². The lowest BCUT2D eigenvalue weighted by atomic mass is 10.1. The zero-order valence-electron chi connectivity index (χ0n) is 17.5. The molecule has 2 rings (SSSR count). The minimum Gasteiger partial charge on any atom is -0.444 e. The molecule has 0 aliphatic carbocycles. The summed E-state index contributed by atoms with van der Waals surface area (Å²) in [5.41, 5.74) is 7.48. The highest BCUT2D eigenvalue weighted by Crippen LogP contribution is 2.15. The molecule has 0 aliphatic rings.